The molecule has 0 radical (unpaired) electrons. The standard InChI is InChI=1S/C5H7NO2/c1-6-2-5(3-7)4-8/h2-4,7H,1H3/b5-3-,6-2?. The average molecular weight is 113 g/mol. The molecule has 0 unspecified atom stereocenters. The van der Waals surface area contributed by atoms with Crippen molar-refractivity contribution >= 4 is 12.5 Å². The first-order chi connectivity index (χ1) is 3.85. The lowest BCUT2D eigenvalue weighted by atomic mass is 10.4. The zero-order valence-electron chi connectivity index (χ0n) is 4.53. The van der Waals surface area contributed by atoms with Gasteiger partial charge in [-0.3, -0.25) is 9.79 Å². The van der Waals surface area contributed by atoms with Crippen LogP contribution in [0.2, 0.25) is 0 Å². The van der Waals surface area contributed by atoms with E-state index in [1.54, 1.807) is 0 Å². The summed E-state index contributed by atoms with van der Waals surface area (Å²) in [6, 6.07) is 0. The lowest BCUT2D eigenvalue weighted by Gasteiger charge is -1.79. The molecule has 0 heterocycles. The molecule has 0 aromatic heterocycles. The highest BCUT2D eigenvalue weighted by molar-refractivity contribution is 6.01. The minimum absolute atomic E-state index is 0.174. The fourth-order valence-electron chi connectivity index (χ4n) is 0.243. The summed E-state index contributed by atoms with van der Waals surface area (Å²) in [5.74, 6) is 0. The quantitative estimate of drug-likeness (QED) is 0.243. The van der Waals surface area contributed by atoms with Crippen LogP contribution in [0.3, 0.4) is 0 Å². The first kappa shape index (κ1) is 6.88. The van der Waals surface area contributed by atoms with Gasteiger partial charge in [-0.25, -0.2) is 0 Å². The van der Waals surface area contributed by atoms with Gasteiger partial charge in [0.25, 0.3) is 0 Å². The third kappa shape index (κ3) is 2.12. The summed E-state index contributed by atoms with van der Waals surface area (Å²) in [6.07, 6.45) is 2.50. The second kappa shape index (κ2) is 4.05. The largest absolute Gasteiger partial charge is 0.515 e. The van der Waals surface area contributed by atoms with Crippen molar-refractivity contribution in [1.82, 2.24) is 0 Å². The molecular formula is C5H7NO2. The molecule has 8 heavy (non-hydrogen) atoms. The van der Waals surface area contributed by atoms with Gasteiger partial charge in [0.2, 0.25) is 0 Å². The Morgan fingerprint density at radius 1 is 1.75 bits per heavy atom. The van der Waals surface area contributed by atoms with Gasteiger partial charge < -0.3 is 5.11 Å². The van der Waals surface area contributed by atoms with Gasteiger partial charge in [-0.05, 0) is 0 Å². The fourth-order valence-corrected chi connectivity index (χ4v) is 0.243. The molecule has 0 spiro atoms. The molecule has 1 N–H and O–H groups in total. The maximum absolute atomic E-state index is 9.81. The van der Waals surface area contributed by atoms with E-state index in [9.17, 15) is 4.79 Å². The summed E-state index contributed by atoms with van der Waals surface area (Å²) in [7, 11) is 1.52. The van der Waals surface area contributed by atoms with Gasteiger partial charge >= 0.3 is 0 Å². The van der Waals surface area contributed by atoms with Crippen molar-refractivity contribution in [2.75, 3.05) is 7.05 Å². The van der Waals surface area contributed by atoms with Gasteiger partial charge in [-0.15, -0.1) is 0 Å². The van der Waals surface area contributed by atoms with E-state index >= 15 is 0 Å². The van der Waals surface area contributed by atoms with E-state index in [0.29, 0.717) is 12.5 Å². The monoisotopic (exact) mass is 113 g/mol. The molecule has 3 nitrogen and oxygen atoms in total. The van der Waals surface area contributed by atoms with Crippen LogP contribution in [0.15, 0.2) is 16.8 Å². The normalized spacial score (nSPS) is 12.4. The molecule has 0 bridgehead atoms. The summed E-state index contributed by atoms with van der Waals surface area (Å²) >= 11 is 0. The van der Waals surface area contributed by atoms with Crippen molar-refractivity contribution in [3.63, 3.8) is 0 Å². The summed E-state index contributed by atoms with van der Waals surface area (Å²) < 4.78 is 0. The Labute approximate surface area is 47.4 Å². The molecule has 0 saturated carbocycles. The van der Waals surface area contributed by atoms with E-state index in [1.165, 1.54) is 13.3 Å². The van der Waals surface area contributed by atoms with Gasteiger partial charge in [0.1, 0.15) is 0 Å². The molecule has 3 heteroatoms. The third-order valence-electron chi connectivity index (χ3n) is 0.563. The lowest BCUT2D eigenvalue weighted by Crippen LogP contribution is -1.84. The predicted molar refractivity (Wildman–Crippen MR) is 31.2 cm³/mol. The smallest absolute Gasteiger partial charge is 0.154 e. The van der Waals surface area contributed by atoms with Crippen LogP contribution in [0.5, 0.6) is 0 Å². The first-order valence-corrected chi connectivity index (χ1v) is 2.07. The van der Waals surface area contributed by atoms with Crippen LogP contribution < -0.4 is 0 Å². The van der Waals surface area contributed by atoms with Gasteiger partial charge in [-0.1, -0.05) is 0 Å². The molecule has 44 valence electrons. The number of carbonyl (C=O) groups is 1. The van der Waals surface area contributed by atoms with Gasteiger partial charge in [0, 0.05) is 13.3 Å². The minimum Gasteiger partial charge on any atom is -0.515 e. The van der Waals surface area contributed by atoms with E-state index in [0.717, 1.165) is 0 Å². The highest BCUT2D eigenvalue weighted by Crippen LogP contribution is 1.78. The van der Waals surface area contributed by atoms with Crippen molar-refractivity contribution in [2.24, 2.45) is 4.99 Å². The zero-order chi connectivity index (χ0) is 6.41. The van der Waals surface area contributed by atoms with E-state index in [4.69, 9.17) is 5.11 Å². The van der Waals surface area contributed by atoms with Crippen molar-refractivity contribution in [1.29, 1.82) is 0 Å². The number of nitrogens with zero attached hydrogens (tertiary/aromatic N) is 1. The second-order valence-corrected chi connectivity index (χ2v) is 1.13. The topological polar surface area (TPSA) is 49.7 Å². The van der Waals surface area contributed by atoms with Gasteiger partial charge in [0.15, 0.2) is 6.29 Å². The highest BCUT2D eigenvalue weighted by Gasteiger charge is 1.83. The fraction of sp³-hybridized carbons (Fsp3) is 0.200. The minimum atomic E-state index is 0.174. The first-order valence-electron chi connectivity index (χ1n) is 2.07. The number of aliphatic hydroxyl groups excluding tert-OH is 1. The zero-order valence-corrected chi connectivity index (χ0v) is 4.53. The molecule has 0 aromatic rings. The van der Waals surface area contributed by atoms with Crippen LogP contribution >= 0.6 is 0 Å². The predicted octanol–water partition coefficient (Wildman–Crippen LogP) is 0.328. The maximum atomic E-state index is 9.81. The Morgan fingerprint density at radius 3 is 2.50 bits per heavy atom. The molecule has 0 aliphatic carbocycles. The molecule has 0 aliphatic rings. The number of aldehydes is 1. The maximum Gasteiger partial charge on any atom is 0.154 e. The van der Waals surface area contributed by atoms with Crippen molar-refractivity contribution in [2.45, 2.75) is 0 Å². The van der Waals surface area contributed by atoms with Crippen LogP contribution in [0, 0.1) is 0 Å². The lowest BCUT2D eigenvalue weighted by molar-refractivity contribution is -0.104. The van der Waals surface area contributed by atoms with Crippen LogP contribution in [-0.2, 0) is 4.79 Å². The molecule has 0 aliphatic heterocycles. The summed E-state index contributed by atoms with van der Waals surface area (Å²) in [4.78, 5) is 13.3. The molecule has 0 aromatic carbocycles. The van der Waals surface area contributed by atoms with E-state index in [2.05, 4.69) is 4.99 Å². The van der Waals surface area contributed by atoms with E-state index in [1.807, 2.05) is 0 Å². The van der Waals surface area contributed by atoms with Crippen LogP contribution in [0.4, 0.5) is 0 Å². The Kier molecular flexibility index (Phi) is 3.48. The molecular weight excluding hydrogens is 106 g/mol. The molecule has 0 saturated heterocycles. The number of allylic oxidation sites excluding steroid dienone is 1. The number of hydrogen-bond acceptors (Lipinski definition) is 3. The Bertz CT molecular complexity index is 126. The van der Waals surface area contributed by atoms with Crippen LogP contribution in [-0.4, -0.2) is 24.7 Å². The Hall–Kier alpha value is -1.12. The van der Waals surface area contributed by atoms with Crippen LogP contribution in [0.1, 0.15) is 0 Å². The molecule has 0 rings (SSSR count). The Morgan fingerprint density at radius 2 is 2.38 bits per heavy atom. The summed E-state index contributed by atoms with van der Waals surface area (Å²) in [5.41, 5.74) is 0.174. The third-order valence-corrected chi connectivity index (χ3v) is 0.563. The Balaban J connectivity index is 3.91. The molecule has 0 amide bonds. The number of aliphatic hydroxyl groups is 1. The number of carbonyl (C=O) groups excluding carboxylic acids is 1. The van der Waals surface area contributed by atoms with Crippen LogP contribution in [0.25, 0.3) is 0 Å². The summed E-state index contributed by atoms with van der Waals surface area (Å²) in [5, 5.41) is 8.17. The average Bonchev–Trinajstić information content (AvgIpc) is 1.83. The van der Waals surface area contributed by atoms with E-state index < -0.39 is 0 Å². The van der Waals surface area contributed by atoms with E-state index in [-0.39, 0.29) is 5.57 Å². The second-order valence-electron chi connectivity index (χ2n) is 1.13. The summed E-state index contributed by atoms with van der Waals surface area (Å²) in [6.45, 7) is 0. The van der Waals surface area contributed by atoms with Crippen molar-refractivity contribution < 1.29 is 9.90 Å². The molecule has 0 atom stereocenters. The SMILES string of the molecule is CN=C/C(C=O)=C/O. The molecule has 0 fully saturated rings. The van der Waals surface area contributed by atoms with Gasteiger partial charge in [0.05, 0.1) is 11.8 Å². The number of rotatable bonds is 2. The van der Waals surface area contributed by atoms with Crippen molar-refractivity contribution in [3.8, 4) is 0 Å². The highest BCUT2D eigenvalue weighted by atomic mass is 16.2. The number of hydrogen-bond donors (Lipinski definition) is 1. The van der Waals surface area contributed by atoms with Gasteiger partial charge in [-0.2, -0.15) is 0 Å². The number of aliphatic imine (C=N–C) groups is 1. The van der Waals surface area contributed by atoms with Crippen molar-refractivity contribution in [3.05, 3.63) is 11.8 Å².